The molecule has 1 aromatic heterocycles. The largest absolute Gasteiger partial charge is 0.302 e. The van der Waals surface area contributed by atoms with Gasteiger partial charge in [-0.3, -0.25) is 0 Å². The molecule has 1 aromatic rings. The van der Waals surface area contributed by atoms with E-state index in [0.29, 0.717) is 5.92 Å². The van der Waals surface area contributed by atoms with Gasteiger partial charge >= 0.3 is 0 Å². The zero-order valence-electron chi connectivity index (χ0n) is 11.3. The lowest BCUT2D eigenvalue weighted by atomic mass is 9.89. The van der Waals surface area contributed by atoms with Gasteiger partial charge in [-0.25, -0.2) is 0 Å². The van der Waals surface area contributed by atoms with Gasteiger partial charge in [-0.15, -0.1) is 0 Å². The molecule has 2 aliphatic rings. The third kappa shape index (κ3) is 2.58. The topological polar surface area (TPSA) is 29.0 Å². The zero-order chi connectivity index (χ0) is 12.8. The van der Waals surface area contributed by atoms with E-state index >= 15 is 0 Å². The van der Waals surface area contributed by atoms with Crippen LogP contribution >= 0.6 is 23.5 Å². The minimum absolute atomic E-state index is 0.221. The van der Waals surface area contributed by atoms with E-state index in [1.165, 1.54) is 54.9 Å². The molecule has 0 aliphatic carbocycles. The summed E-state index contributed by atoms with van der Waals surface area (Å²) in [7, 11) is 0. The second-order valence-corrected chi connectivity index (χ2v) is 8.78. The predicted molar refractivity (Wildman–Crippen MR) is 77.4 cm³/mol. The van der Waals surface area contributed by atoms with Gasteiger partial charge in [-0.05, 0) is 25.3 Å². The summed E-state index contributed by atoms with van der Waals surface area (Å²) >= 11 is 3.26. The van der Waals surface area contributed by atoms with Gasteiger partial charge in [0, 0.05) is 23.8 Å². The summed E-state index contributed by atoms with van der Waals surface area (Å²) in [6, 6.07) is 0. The Morgan fingerprint density at radius 3 is 2.83 bits per heavy atom. The molecule has 2 unspecified atom stereocenters. The van der Waals surface area contributed by atoms with Gasteiger partial charge in [0.1, 0.15) is 5.03 Å². The lowest BCUT2D eigenvalue weighted by molar-refractivity contribution is 0.269. The van der Waals surface area contributed by atoms with E-state index in [4.69, 9.17) is 0 Å². The zero-order valence-corrected chi connectivity index (χ0v) is 13.0. The van der Waals surface area contributed by atoms with Gasteiger partial charge in [0.15, 0.2) is 0 Å². The molecule has 3 atom stereocenters. The molecular weight excluding hydrogens is 262 g/mol. The molecule has 0 N–H and O–H groups in total. The van der Waals surface area contributed by atoms with Crippen LogP contribution in [0.2, 0.25) is 0 Å². The Hall–Kier alpha value is -0.130. The highest BCUT2D eigenvalue weighted by atomic mass is 32.2. The van der Waals surface area contributed by atoms with E-state index in [0.717, 1.165) is 5.92 Å². The van der Waals surface area contributed by atoms with Crippen LogP contribution in [-0.2, 0) is 0 Å². The lowest BCUT2D eigenvalue weighted by Crippen LogP contribution is -2.25. The van der Waals surface area contributed by atoms with Crippen molar-refractivity contribution in [2.45, 2.75) is 49.3 Å². The van der Waals surface area contributed by atoms with Gasteiger partial charge < -0.3 is 4.90 Å². The Kier molecular flexibility index (Phi) is 3.41. The second kappa shape index (κ2) is 4.76. The van der Waals surface area contributed by atoms with Crippen LogP contribution in [0, 0.1) is 5.92 Å². The number of piperidine rings is 1. The Labute approximate surface area is 118 Å². The van der Waals surface area contributed by atoms with E-state index in [9.17, 15) is 0 Å². The maximum absolute atomic E-state index is 4.63. The van der Waals surface area contributed by atoms with Crippen molar-refractivity contribution in [3.63, 3.8) is 0 Å². The SMILES string of the molecule is CC(C)(C)Sc1nsnc1[C@H]1CN2CCCC1C2. The van der Waals surface area contributed by atoms with Crippen molar-refractivity contribution in [2.24, 2.45) is 5.92 Å². The Balaban J connectivity index is 1.82. The summed E-state index contributed by atoms with van der Waals surface area (Å²) in [6.45, 7) is 10.5. The monoisotopic (exact) mass is 283 g/mol. The van der Waals surface area contributed by atoms with Gasteiger partial charge in [-0.1, -0.05) is 32.5 Å². The first-order valence-corrected chi connectivity index (χ1v) is 8.31. The quantitative estimate of drug-likeness (QED) is 0.779. The number of fused-ring (bicyclic) bond motifs is 2. The molecule has 0 amide bonds. The van der Waals surface area contributed by atoms with Crippen LogP contribution in [0.25, 0.3) is 0 Å². The van der Waals surface area contributed by atoms with Gasteiger partial charge in [0.2, 0.25) is 0 Å². The number of hydrogen-bond donors (Lipinski definition) is 0. The number of rotatable bonds is 2. The van der Waals surface area contributed by atoms with Crippen LogP contribution in [0.3, 0.4) is 0 Å². The second-order valence-electron chi connectivity index (χ2n) is 6.44. The van der Waals surface area contributed by atoms with Crippen molar-refractivity contribution >= 4 is 23.5 Å². The van der Waals surface area contributed by atoms with Crippen molar-refractivity contribution in [3.8, 4) is 0 Å². The van der Waals surface area contributed by atoms with Crippen molar-refractivity contribution in [1.29, 1.82) is 0 Å². The molecule has 2 fully saturated rings. The fraction of sp³-hybridized carbons (Fsp3) is 0.846. The van der Waals surface area contributed by atoms with Crippen LogP contribution < -0.4 is 0 Å². The van der Waals surface area contributed by atoms with Crippen LogP contribution in [0.5, 0.6) is 0 Å². The Morgan fingerprint density at radius 2 is 2.11 bits per heavy atom. The first kappa shape index (κ1) is 12.9. The normalized spacial score (nSPS) is 31.8. The van der Waals surface area contributed by atoms with Crippen molar-refractivity contribution in [1.82, 2.24) is 13.6 Å². The van der Waals surface area contributed by atoms with E-state index < -0.39 is 0 Å². The highest BCUT2D eigenvalue weighted by Gasteiger charge is 2.39. The summed E-state index contributed by atoms with van der Waals surface area (Å²) in [5.74, 6) is 1.46. The maximum atomic E-state index is 4.63. The summed E-state index contributed by atoms with van der Waals surface area (Å²) in [4.78, 5) is 2.60. The number of thioether (sulfide) groups is 1. The molecule has 100 valence electrons. The molecule has 0 saturated carbocycles. The molecule has 2 bridgehead atoms. The lowest BCUT2D eigenvalue weighted by Gasteiger charge is -2.22. The van der Waals surface area contributed by atoms with Gasteiger partial charge in [-0.2, -0.15) is 8.75 Å². The number of aromatic nitrogens is 2. The summed E-state index contributed by atoms with van der Waals surface area (Å²) in [5.41, 5.74) is 1.29. The molecule has 18 heavy (non-hydrogen) atoms. The fourth-order valence-electron chi connectivity index (χ4n) is 3.10. The third-order valence-corrected chi connectivity index (χ3v) is 5.57. The molecule has 3 heterocycles. The molecular formula is C13H21N3S2. The average molecular weight is 283 g/mol. The minimum Gasteiger partial charge on any atom is -0.302 e. The smallest absolute Gasteiger partial charge is 0.134 e. The van der Waals surface area contributed by atoms with E-state index in [1.54, 1.807) is 0 Å². The highest BCUT2D eigenvalue weighted by molar-refractivity contribution is 8.00. The number of hydrogen-bond acceptors (Lipinski definition) is 5. The van der Waals surface area contributed by atoms with E-state index in [-0.39, 0.29) is 4.75 Å². The molecule has 5 heteroatoms. The molecule has 0 aromatic carbocycles. The van der Waals surface area contributed by atoms with Crippen molar-refractivity contribution < 1.29 is 0 Å². The first-order chi connectivity index (χ1) is 8.53. The molecule has 0 spiro atoms. The van der Waals surface area contributed by atoms with Gasteiger partial charge in [0.05, 0.1) is 17.4 Å². The Bertz CT molecular complexity index is 424. The third-order valence-electron chi connectivity index (χ3n) is 3.80. The van der Waals surface area contributed by atoms with Crippen LogP contribution in [0.15, 0.2) is 5.03 Å². The van der Waals surface area contributed by atoms with E-state index in [1.807, 2.05) is 11.8 Å². The van der Waals surface area contributed by atoms with Gasteiger partial charge in [0.25, 0.3) is 0 Å². The van der Waals surface area contributed by atoms with Crippen LogP contribution in [-0.4, -0.2) is 38.0 Å². The van der Waals surface area contributed by atoms with Crippen LogP contribution in [0.4, 0.5) is 0 Å². The first-order valence-electron chi connectivity index (χ1n) is 6.77. The van der Waals surface area contributed by atoms with Crippen molar-refractivity contribution in [2.75, 3.05) is 19.6 Å². The molecule has 2 aliphatic heterocycles. The molecule has 3 nitrogen and oxygen atoms in total. The summed E-state index contributed by atoms with van der Waals surface area (Å²) in [6.07, 6.45) is 2.73. The molecule has 2 saturated heterocycles. The molecule has 0 radical (unpaired) electrons. The summed E-state index contributed by atoms with van der Waals surface area (Å²) in [5, 5.41) is 1.19. The van der Waals surface area contributed by atoms with Crippen molar-refractivity contribution in [3.05, 3.63) is 5.69 Å². The molecule has 3 rings (SSSR count). The highest BCUT2D eigenvalue weighted by Crippen LogP contribution is 2.43. The minimum atomic E-state index is 0.221. The Morgan fingerprint density at radius 1 is 1.28 bits per heavy atom. The fourth-order valence-corrected chi connectivity index (χ4v) is 4.80. The number of nitrogens with zero attached hydrogens (tertiary/aromatic N) is 3. The standard InChI is InChI=1S/C13H21N3S2/c1-13(2,3)17-12-11(14-18-15-12)10-8-16-6-4-5-9(10)7-16/h9-10H,4-8H2,1-3H3/t9?,10-/m0/s1. The predicted octanol–water partition coefficient (Wildman–Crippen LogP) is 3.24. The van der Waals surface area contributed by atoms with E-state index in [2.05, 4.69) is 34.4 Å². The summed E-state index contributed by atoms with van der Waals surface area (Å²) < 4.78 is 9.38. The maximum Gasteiger partial charge on any atom is 0.134 e. The average Bonchev–Trinajstić information content (AvgIpc) is 2.81. The van der Waals surface area contributed by atoms with Crippen LogP contribution in [0.1, 0.15) is 45.2 Å².